The van der Waals surface area contributed by atoms with E-state index in [1.54, 1.807) is 31.3 Å². The third-order valence-corrected chi connectivity index (χ3v) is 5.50. The van der Waals surface area contributed by atoms with E-state index in [0.717, 1.165) is 11.3 Å². The van der Waals surface area contributed by atoms with Gasteiger partial charge in [0.05, 0.1) is 5.69 Å². The molecule has 9 nitrogen and oxygen atoms in total. The Bertz CT molecular complexity index is 1020. The van der Waals surface area contributed by atoms with Crippen LogP contribution in [0.4, 0.5) is 0 Å². The van der Waals surface area contributed by atoms with E-state index in [0.29, 0.717) is 11.3 Å². The molecule has 1 saturated heterocycles. The lowest BCUT2D eigenvalue weighted by atomic mass is 9.92. The van der Waals surface area contributed by atoms with Gasteiger partial charge < -0.3 is 20.9 Å². The van der Waals surface area contributed by atoms with Crippen LogP contribution in [0, 0.1) is 6.92 Å². The molecule has 1 unspecified atom stereocenters. The minimum Gasteiger partial charge on any atom is -0.351 e. The molecule has 1 aromatic heterocycles. The van der Waals surface area contributed by atoms with Crippen LogP contribution in [0.5, 0.6) is 0 Å². The summed E-state index contributed by atoms with van der Waals surface area (Å²) in [4.78, 5) is 42.7. The van der Waals surface area contributed by atoms with Gasteiger partial charge in [-0.15, -0.1) is 0 Å². The van der Waals surface area contributed by atoms with Gasteiger partial charge in [-0.25, -0.2) is 0 Å². The highest BCUT2D eigenvalue weighted by molar-refractivity contribution is 6.01. The summed E-state index contributed by atoms with van der Waals surface area (Å²) < 4.78 is 1.53. The van der Waals surface area contributed by atoms with Crippen molar-refractivity contribution in [2.75, 3.05) is 26.2 Å². The van der Waals surface area contributed by atoms with E-state index < -0.39 is 12.1 Å². The Morgan fingerprint density at radius 3 is 2.34 bits per heavy atom. The second-order valence-electron chi connectivity index (χ2n) is 9.11. The highest BCUT2D eigenvalue weighted by atomic mass is 16.2. The van der Waals surface area contributed by atoms with Gasteiger partial charge in [0, 0.05) is 44.2 Å². The number of rotatable bonds is 5. The van der Waals surface area contributed by atoms with Crippen LogP contribution in [0.3, 0.4) is 0 Å². The summed E-state index contributed by atoms with van der Waals surface area (Å²) >= 11 is 0. The van der Waals surface area contributed by atoms with Crippen LogP contribution in [0.25, 0.3) is 0 Å². The van der Waals surface area contributed by atoms with Gasteiger partial charge in [-0.05, 0) is 25.1 Å². The van der Waals surface area contributed by atoms with Crippen molar-refractivity contribution >= 4 is 17.7 Å². The molecule has 0 bridgehead atoms. The molecule has 172 valence electrons. The van der Waals surface area contributed by atoms with Crippen molar-refractivity contribution in [2.45, 2.75) is 39.3 Å². The largest absolute Gasteiger partial charge is 0.351 e. The summed E-state index contributed by atoms with van der Waals surface area (Å²) in [6.45, 7) is 8.96. The number of aromatic nitrogens is 2. The second-order valence-corrected chi connectivity index (χ2v) is 9.11. The highest BCUT2D eigenvalue weighted by Crippen LogP contribution is 2.25. The van der Waals surface area contributed by atoms with Crippen LogP contribution in [0.15, 0.2) is 30.3 Å². The molecule has 3 N–H and O–H groups in total. The molecular formula is C23H32N6O3. The number of amides is 3. The van der Waals surface area contributed by atoms with Crippen molar-refractivity contribution in [3.63, 3.8) is 0 Å². The first-order chi connectivity index (χ1) is 15.0. The standard InChI is InChI=1S/C23H32N6O3/c1-15-7-6-8-16(13-15)21(31)28-11-12-29(20(28)19(30)25-10-9-24)22(32)17-14-18(23(2,3)4)26-27(17)5/h6-8,13-14,20H,9-12,24H2,1-5H3,(H,25,30). The van der Waals surface area contributed by atoms with Gasteiger partial charge in [-0.2, -0.15) is 5.10 Å². The molecule has 1 aromatic carbocycles. The molecular weight excluding hydrogens is 408 g/mol. The molecule has 0 saturated carbocycles. The average molecular weight is 441 g/mol. The Balaban J connectivity index is 1.94. The fraction of sp³-hybridized carbons (Fsp3) is 0.478. The van der Waals surface area contributed by atoms with Gasteiger partial charge in [0.2, 0.25) is 0 Å². The number of nitrogens with one attached hydrogen (secondary N) is 1. The molecule has 0 aliphatic carbocycles. The molecule has 3 amide bonds. The number of nitrogens with zero attached hydrogens (tertiary/aromatic N) is 4. The predicted octanol–water partition coefficient (Wildman–Crippen LogP) is 1.03. The first-order valence-electron chi connectivity index (χ1n) is 10.8. The summed E-state index contributed by atoms with van der Waals surface area (Å²) in [5.74, 6) is -1.07. The molecule has 1 atom stereocenters. The van der Waals surface area contributed by atoms with Crippen molar-refractivity contribution < 1.29 is 14.4 Å². The maximum absolute atomic E-state index is 13.5. The zero-order valence-electron chi connectivity index (χ0n) is 19.4. The van der Waals surface area contributed by atoms with Gasteiger partial charge >= 0.3 is 0 Å². The van der Waals surface area contributed by atoms with E-state index in [1.807, 2.05) is 33.8 Å². The molecule has 1 aliphatic rings. The fourth-order valence-electron chi connectivity index (χ4n) is 3.75. The van der Waals surface area contributed by atoms with Gasteiger partial charge in [0.1, 0.15) is 5.69 Å². The number of benzene rings is 1. The minimum absolute atomic E-state index is 0.230. The normalized spacial score (nSPS) is 16.4. The molecule has 2 aromatic rings. The molecule has 1 fully saturated rings. The monoisotopic (exact) mass is 440 g/mol. The maximum Gasteiger partial charge on any atom is 0.274 e. The first kappa shape index (κ1) is 23.5. The number of aryl methyl sites for hydroxylation is 2. The summed E-state index contributed by atoms with van der Waals surface area (Å²) in [5, 5.41) is 7.21. The van der Waals surface area contributed by atoms with E-state index in [-0.39, 0.29) is 43.4 Å². The lowest BCUT2D eigenvalue weighted by Gasteiger charge is -2.29. The zero-order valence-corrected chi connectivity index (χ0v) is 19.4. The van der Waals surface area contributed by atoms with E-state index in [1.165, 1.54) is 14.5 Å². The summed E-state index contributed by atoms with van der Waals surface area (Å²) in [6, 6.07) is 8.94. The third-order valence-electron chi connectivity index (χ3n) is 5.50. The van der Waals surface area contributed by atoms with Crippen LogP contribution < -0.4 is 11.1 Å². The zero-order chi connectivity index (χ0) is 23.6. The fourth-order valence-corrected chi connectivity index (χ4v) is 3.75. The van der Waals surface area contributed by atoms with E-state index >= 15 is 0 Å². The number of hydrogen-bond acceptors (Lipinski definition) is 5. The molecule has 32 heavy (non-hydrogen) atoms. The summed E-state index contributed by atoms with van der Waals surface area (Å²) in [6.07, 6.45) is -1.06. The Kier molecular flexibility index (Phi) is 6.68. The molecule has 9 heteroatoms. The Morgan fingerprint density at radius 1 is 1.12 bits per heavy atom. The quantitative estimate of drug-likeness (QED) is 0.721. The lowest BCUT2D eigenvalue weighted by Crippen LogP contribution is -2.54. The topological polar surface area (TPSA) is 114 Å². The van der Waals surface area contributed by atoms with Crippen molar-refractivity contribution in [1.29, 1.82) is 0 Å². The van der Waals surface area contributed by atoms with Crippen molar-refractivity contribution in [2.24, 2.45) is 12.8 Å². The average Bonchev–Trinajstić information content (AvgIpc) is 3.35. The van der Waals surface area contributed by atoms with E-state index in [4.69, 9.17) is 5.73 Å². The van der Waals surface area contributed by atoms with Crippen LogP contribution in [0.1, 0.15) is 52.9 Å². The van der Waals surface area contributed by atoms with Crippen molar-refractivity contribution in [1.82, 2.24) is 24.9 Å². The molecule has 2 heterocycles. The molecule has 0 spiro atoms. The smallest absolute Gasteiger partial charge is 0.274 e. The van der Waals surface area contributed by atoms with Gasteiger partial charge in [0.15, 0.2) is 6.17 Å². The molecule has 3 rings (SSSR count). The van der Waals surface area contributed by atoms with Crippen LogP contribution in [-0.4, -0.2) is 69.6 Å². The Hall–Kier alpha value is -3.20. The van der Waals surface area contributed by atoms with E-state index in [9.17, 15) is 14.4 Å². The highest BCUT2D eigenvalue weighted by Gasteiger charge is 2.43. The summed E-state index contributed by atoms with van der Waals surface area (Å²) in [5.41, 5.74) is 7.88. The van der Waals surface area contributed by atoms with Crippen molar-refractivity contribution in [3.05, 3.63) is 52.8 Å². The lowest BCUT2D eigenvalue weighted by molar-refractivity contribution is -0.128. The third kappa shape index (κ3) is 4.67. The molecule has 1 aliphatic heterocycles. The number of carbonyl (C=O) groups is 3. The molecule has 0 radical (unpaired) electrons. The van der Waals surface area contributed by atoms with Gasteiger partial charge in [0.25, 0.3) is 17.7 Å². The van der Waals surface area contributed by atoms with Crippen LogP contribution in [-0.2, 0) is 17.3 Å². The number of hydrogen-bond donors (Lipinski definition) is 2. The Labute approximate surface area is 188 Å². The number of nitrogens with two attached hydrogens (primary N) is 1. The van der Waals surface area contributed by atoms with Crippen LogP contribution >= 0.6 is 0 Å². The first-order valence-corrected chi connectivity index (χ1v) is 10.8. The van der Waals surface area contributed by atoms with Crippen molar-refractivity contribution in [3.8, 4) is 0 Å². The van der Waals surface area contributed by atoms with Crippen LogP contribution in [0.2, 0.25) is 0 Å². The summed E-state index contributed by atoms with van der Waals surface area (Å²) in [7, 11) is 1.71. The van der Waals surface area contributed by atoms with E-state index in [2.05, 4.69) is 10.4 Å². The second kappa shape index (κ2) is 9.12. The predicted molar refractivity (Wildman–Crippen MR) is 121 cm³/mol. The van der Waals surface area contributed by atoms with Gasteiger partial charge in [-0.3, -0.25) is 19.1 Å². The minimum atomic E-state index is -1.06. The number of carbonyl (C=O) groups excluding carboxylic acids is 3. The van der Waals surface area contributed by atoms with Gasteiger partial charge in [-0.1, -0.05) is 38.5 Å². The Morgan fingerprint density at radius 2 is 1.78 bits per heavy atom. The SMILES string of the molecule is Cc1cccc(C(=O)N2CCN(C(=O)c3cc(C(C)(C)C)nn3C)C2C(=O)NCCN)c1. The maximum atomic E-state index is 13.5.